The van der Waals surface area contributed by atoms with E-state index < -0.39 is 4.92 Å². The van der Waals surface area contributed by atoms with Gasteiger partial charge >= 0.3 is 0 Å². The van der Waals surface area contributed by atoms with Gasteiger partial charge in [0.1, 0.15) is 12.4 Å². The van der Waals surface area contributed by atoms with E-state index in [0.29, 0.717) is 5.75 Å². The van der Waals surface area contributed by atoms with Crippen molar-refractivity contribution in [2.24, 2.45) is 0 Å². The molecule has 0 aliphatic heterocycles. The first-order chi connectivity index (χ1) is 12.6. The van der Waals surface area contributed by atoms with Crippen LogP contribution in [0.3, 0.4) is 0 Å². The molecule has 0 radical (unpaired) electrons. The minimum atomic E-state index is -0.492. The number of nitro benzene ring substituents is 1. The maximum absolute atomic E-state index is 10.8. The normalized spacial score (nSPS) is 11.0. The summed E-state index contributed by atoms with van der Waals surface area (Å²) in [7, 11) is 0. The summed E-state index contributed by atoms with van der Waals surface area (Å²) in [6, 6.07) is 20.1. The van der Waals surface area contributed by atoms with Crippen LogP contribution in [0.25, 0.3) is 21.7 Å². The van der Waals surface area contributed by atoms with E-state index in [4.69, 9.17) is 21.3 Å². The van der Waals surface area contributed by atoms with E-state index in [1.54, 1.807) is 0 Å². The first-order valence-corrected chi connectivity index (χ1v) is 8.34. The Morgan fingerprint density at radius 2 is 1.65 bits per heavy atom. The van der Waals surface area contributed by atoms with E-state index in [-0.39, 0.29) is 17.3 Å². The number of benzene rings is 3. The lowest BCUT2D eigenvalue weighted by Crippen LogP contribution is -2.01. The Kier molecular flexibility index (Phi) is 4.14. The Hall–Kier alpha value is -3.18. The number of non-ortho nitro benzene ring substituents is 1. The van der Waals surface area contributed by atoms with Crippen LogP contribution in [-0.4, -0.2) is 9.91 Å². The minimum absolute atomic E-state index is 0.0726. The van der Waals surface area contributed by atoms with E-state index in [1.807, 2.05) is 42.5 Å². The smallest absolute Gasteiger partial charge is 0.271 e. The number of hydrogen-bond acceptors (Lipinski definition) is 4. The van der Waals surface area contributed by atoms with Crippen LogP contribution in [0.1, 0.15) is 5.69 Å². The Bertz CT molecular complexity index is 1140. The van der Waals surface area contributed by atoms with Crippen molar-refractivity contribution < 1.29 is 9.66 Å². The van der Waals surface area contributed by atoms with Crippen molar-refractivity contribution in [3.05, 3.63) is 87.6 Å². The van der Waals surface area contributed by atoms with Crippen molar-refractivity contribution in [1.29, 1.82) is 0 Å². The Morgan fingerprint density at radius 3 is 2.38 bits per heavy atom. The molecule has 6 heteroatoms. The fraction of sp³-hybridized carbons (Fsp3) is 0.0500. The average Bonchev–Trinajstić information content (AvgIpc) is 2.66. The molecule has 0 bridgehead atoms. The van der Waals surface area contributed by atoms with Crippen molar-refractivity contribution in [2.75, 3.05) is 0 Å². The van der Waals surface area contributed by atoms with Gasteiger partial charge in [0.2, 0.25) is 0 Å². The van der Waals surface area contributed by atoms with Crippen LogP contribution < -0.4 is 4.74 Å². The summed E-state index contributed by atoms with van der Waals surface area (Å²) in [6.07, 6.45) is 0. The lowest BCUT2D eigenvalue weighted by Gasteiger charge is -2.11. The standard InChI is InChI=1S/C20H13ClN2O3/c21-17-11-13(23(24)25)9-10-20(17)26-12-19-16-7-2-1-5-14(16)15-6-3-4-8-18(15)22-19/h1-11H,12H2. The predicted octanol–water partition coefficient (Wildman–Crippen LogP) is 5.53. The average molecular weight is 365 g/mol. The first-order valence-electron chi connectivity index (χ1n) is 7.96. The van der Waals surface area contributed by atoms with Crippen LogP contribution in [0.4, 0.5) is 5.69 Å². The number of nitro groups is 1. The number of nitrogens with zero attached hydrogens (tertiary/aromatic N) is 2. The van der Waals surface area contributed by atoms with Crippen LogP contribution in [0.15, 0.2) is 66.7 Å². The molecule has 3 aromatic carbocycles. The summed E-state index contributed by atoms with van der Waals surface area (Å²) in [5.74, 6) is 0.385. The van der Waals surface area contributed by atoms with Gasteiger partial charge in [0.05, 0.1) is 21.2 Å². The molecule has 0 fully saturated rings. The highest BCUT2D eigenvalue weighted by atomic mass is 35.5. The molecule has 4 aromatic rings. The van der Waals surface area contributed by atoms with Crippen molar-refractivity contribution in [3.8, 4) is 5.75 Å². The Balaban J connectivity index is 1.72. The van der Waals surface area contributed by atoms with Gasteiger partial charge in [-0.3, -0.25) is 10.1 Å². The molecule has 5 nitrogen and oxygen atoms in total. The summed E-state index contributed by atoms with van der Waals surface area (Å²) in [6.45, 7) is 0.211. The van der Waals surface area contributed by atoms with Crippen LogP contribution >= 0.6 is 11.6 Å². The molecule has 0 aliphatic rings. The maximum atomic E-state index is 10.8. The minimum Gasteiger partial charge on any atom is -0.486 e. The third kappa shape index (κ3) is 2.93. The first kappa shape index (κ1) is 16.3. The highest BCUT2D eigenvalue weighted by Crippen LogP contribution is 2.31. The molecule has 0 amide bonds. The molecule has 0 unspecified atom stereocenters. The summed E-state index contributed by atoms with van der Waals surface area (Å²) in [4.78, 5) is 15.0. The summed E-state index contributed by atoms with van der Waals surface area (Å²) < 4.78 is 5.80. The van der Waals surface area contributed by atoms with E-state index in [9.17, 15) is 10.1 Å². The van der Waals surface area contributed by atoms with E-state index in [0.717, 1.165) is 27.4 Å². The largest absolute Gasteiger partial charge is 0.486 e. The lowest BCUT2D eigenvalue weighted by molar-refractivity contribution is -0.384. The summed E-state index contributed by atoms with van der Waals surface area (Å²) >= 11 is 6.10. The SMILES string of the molecule is O=[N+]([O-])c1ccc(OCc2nc3ccccc3c3ccccc23)c(Cl)c1. The number of rotatable bonds is 4. The number of fused-ring (bicyclic) bond motifs is 3. The van der Waals surface area contributed by atoms with Gasteiger partial charge in [0.25, 0.3) is 5.69 Å². The maximum Gasteiger partial charge on any atom is 0.271 e. The van der Waals surface area contributed by atoms with E-state index in [2.05, 4.69) is 6.07 Å². The quantitative estimate of drug-likeness (QED) is 0.271. The van der Waals surface area contributed by atoms with E-state index in [1.165, 1.54) is 18.2 Å². The molecular formula is C20H13ClN2O3. The number of aromatic nitrogens is 1. The molecule has 0 saturated heterocycles. The molecular weight excluding hydrogens is 352 g/mol. The Labute approximate surface area is 154 Å². The topological polar surface area (TPSA) is 65.3 Å². The molecule has 1 heterocycles. The molecule has 1 aromatic heterocycles. The predicted molar refractivity (Wildman–Crippen MR) is 102 cm³/mol. The molecule has 0 N–H and O–H groups in total. The van der Waals surface area contributed by atoms with Gasteiger partial charge in [-0.05, 0) is 17.5 Å². The van der Waals surface area contributed by atoms with Gasteiger partial charge in [-0.2, -0.15) is 0 Å². The monoisotopic (exact) mass is 364 g/mol. The Morgan fingerprint density at radius 1 is 0.962 bits per heavy atom. The number of para-hydroxylation sites is 1. The molecule has 0 spiro atoms. The molecule has 0 aliphatic carbocycles. The van der Waals surface area contributed by atoms with Gasteiger partial charge < -0.3 is 4.74 Å². The number of pyridine rings is 1. The van der Waals surface area contributed by atoms with Crippen LogP contribution in [0.5, 0.6) is 5.75 Å². The van der Waals surface area contributed by atoms with Crippen molar-refractivity contribution >= 4 is 39.0 Å². The second-order valence-electron chi connectivity index (χ2n) is 5.78. The highest BCUT2D eigenvalue weighted by molar-refractivity contribution is 6.32. The molecule has 4 rings (SSSR count). The third-order valence-electron chi connectivity index (χ3n) is 4.18. The second-order valence-corrected chi connectivity index (χ2v) is 6.19. The van der Waals surface area contributed by atoms with Gasteiger partial charge in [-0.25, -0.2) is 4.98 Å². The highest BCUT2D eigenvalue weighted by Gasteiger charge is 2.12. The van der Waals surface area contributed by atoms with Crippen molar-refractivity contribution in [2.45, 2.75) is 6.61 Å². The van der Waals surface area contributed by atoms with Crippen molar-refractivity contribution in [3.63, 3.8) is 0 Å². The number of hydrogen-bond donors (Lipinski definition) is 0. The summed E-state index contributed by atoms with van der Waals surface area (Å²) in [5, 5.41) is 14.2. The van der Waals surface area contributed by atoms with Crippen LogP contribution in [0.2, 0.25) is 5.02 Å². The molecule has 0 saturated carbocycles. The summed E-state index contributed by atoms with van der Waals surface area (Å²) in [5.41, 5.74) is 1.60. The fourth-order valence-electron chi connectivity index (χ4n) is 2.95. The van der Waals surface area contributed by atoms with Crippen LogP contribution in [-0.2, 0) is 6.61 Å². The van der Waals surface area contributed by atoms with Gasteiger partial charge in [-0.15, -0.1) is 0 Å². The second kappa shape index (κ2) is 6.61. The third-order valence-corrected chi connectivity index (χ3v) is 4.47. The van der Waals surface area contributed by atoms with Crippen molar-refractivity contribution in [1.82, 2.24) is 4.98 Å². The lowest BCUT2D eigenvalue weighted by atomic mass is 10.0. The molecule has 26 heavy (non-hydrogen) atoms. The zero-order valence-corrected chi connectivity index (χ0v) is 14.3. The zero-order valence-electron chi connectivity index (χ0n) is 13.6. The van der Waals surface area contributed by atoms with Gasteiger partial charge in [0.15, 0.2) is 0 Å². The molecule has 0 atom stereocenters. The fourth-order valence-corrected chi connectivity index (χ4v) is 3.18. The van der Waals surface area contributed by atoms with Gasteiger partial charge in [-0.1, -0.05) is 54.1 Å². The number of ether oxygens (including phenoxy) is 1. The van der Waals surface area contributed by atoms with Gasteiger partial charge in [0, 0.05) is 22.9 Å². The zero-order chi connectivity index (χ0) is 18.1. The number of halogens is 1. The van der Waals surface area contributed by atoms with E-state index >= 15 is 0 Å². The van der Waals surface area contributed by atoms with Crippen LogP contribution in [0, 0.1) is 10.1 Å². The molecule has 128 valence electrons.